The maximum atomic E-state index is 12.6. The summed E-state index contributed by atoms with van der Waals surface area (Å²) in [6, 6.07) is 7.94. The third kappa shape index (κ3) is 2.80. The number of nitrogens with one attached hydrogen (secondary N) is 1. The lowest BCUT2D eigenvalue weighted by Crippen LogP contribution is -2.34. The monoisotopic (exact) mass is 258 g/mol. The fourth-order valence-corrected chi connectivity index (χ4v) is 2.28. The van der Waals surface area contributed by atoms with Gasteiger partial charge >= 0.3 is 0 Å². The van der Waals surface area contributed by atoms with E-state index in [1.165, 1.54) is 0 Å². The van der Waals surface area contributed by atoms with Gasteiger partial charge in [-0.05, 0) is 18.9 Å². The highest BCUT2D eigenvalue weighted by Crippen LogP contribution is 2.20. The molecule has 0 bridgehead atoms. The molecule has 2 aromatic rings. The van der Waals surface area contributed by atoms with Crippen LogP contribution in [0.1, 0.15) is 37.6 Å². The van der Waals surface area contributed by atoms with Crippen LogP contribution in [-0.4, -0.2) is 28.9 Å². The van der Waals surface area contributed by atoms with Crippen molar-refractivity contribution in [1.29, 1.82) is 0 Å². The van der Waals surface area contributed by atoms with Crippen molar-refractivity contribution in [2.45, 2.75) is 27.2 Å². The van der Waals surface area contributed by atoms with Crippen LogP contribution in [-0.2, 0) is 0 Å². The molecule has 1 heterocycles. The quantitative estimate of drug-likeness (QED) is 0.872. The number of fused-ring (bicyclic) bond motifs is 1. The SMILES string of the molecule is CCC(C)CN(CC)C(=O)c1c[nH]c2ccccc12. The predicted molar refractivity (Wildman–Crippen MR) is 79.3 cm³/mol. The van der Waals surface area contributed by atoms with Gasteiger partial charge in [-0.2, -0.15) is 0 Å². The molecule has 3 heteroatoms. The molecular formula is C16H22N2O. The van der Waals surface area contributed by atoms with Gasteiger partial charge in [0, 0.05) is 30.2 Å². The standard InChI is InChI=1S/C16H22N2O/c1-4-12(3)11-18(5-2)16(19)14-10-17-15-9-7-6-8-13(14)15/h6-10,12,17H,4-5,11H2,1-3H3. The predicted octanol–water partition coefficient (Wildman–Crippen LogP) is 3.68. The molecule has 19 heavy (non-hydrogen) atoms. The van der Waals surface area contributed by atoms with Crippen LogP contribution in [0, 0.1) is 5.92 Å². The molecule has 0 fully saturated rings. The second kappa shape index (κ2) is 5.91. The average Bonchev–Trinajstić information content (AvgIpc) is 2.87. The van der Waals surface area contributed by atoms with Crippen molar-refractivity contribution in [2.24, 2.45) is 5.92 Å². The van der Waals surface area contributed by atoms with Gasteiger partial charge in [0.2, 0.25) is 0 Å². The summed E-state index contributed by atoms with van der Waals surface area (Å²) in [6.45, 7) is 7.96. The number of carbonyl (C=O) groups is 1. The minimum Gasteiger partial charge on any atom is -0.360 e. The average molecular weight is 258 g/mol. The summed E-state index contributed by atoms with van der Waals surface area (Å²) in [5, 5.41) is 1.01. The summed E-state index contributed by atoms with van der Waals surface area (Å²) in [5.41, 5.74) is 1.80. The van der Waals surface area contributed by atoms with Gasteiger partial charge in [0.15, 0.2) is 0 Å². The minimum atomic E-state index is 0.125. The van der Waals surface area contributed by atoms with Gasteiger partial charge in [0.05, 0.1) is 5.56 Å². The molecule has 1 aromatic heterocycles. The Morgan fingerprint density at radius 2 is 2.05 bits per heavy atom. The summed E-state index contributed by atoms with van der Waals surface area (Å²) in [5.74, 6) is 0.661. The number of rotatable bonds is 5. The number of nitrogens with zero attached hydrogens (tertiary/aromatic N) is 1. The molecule has 0 saturated heterocycles. The fraction of sp³-hybridized carbons (Fsp3) is 0.438. The van der Waals surface area contributed by atoms with Gasteiger partial charge in [0.1, 0.15) is 0 Å². The molecule has 2 rings (SSSR count). The van der Waals surface area contributed by atoms with Crippen LogP contribution in [0.4, 0.5) is 0 Å². The van der Waals surface area contributed by atoms with E-state index in [-0.39, 0.29) is 5.91 Å². The Morgan fingerprint density at radius 3 is 2.74 bits per heavy atom. The molecule has 1 N–H and O–H groups in total. The first-order valence-corrected chi connectivity index (χ1v) is 7.02. The van der Waals surface area contributed by atoms with Crippen LogP contribution in [0.25, 0.3) is 10.9 Å². The van der Waals surface area contributed by atoms with Gasteiger partial charge in [-0.25, -0.2) is 0 Å². The first-order chi connectivity index (χ1) is 9.17. The third-order valence-corrected chi connectivity index (χ3v) is 3.72. The van der Waals surface area contributed by atoms with E-state index >= 15 is 0 Å². The minimum absolute atomic E-state index is 0.125. The van der Waals surface area contributed by atoms with Crippen LogP contribution in [0.15, 0.2) is 30.5 Å². The normalized spacial score (nSPS) is 12.6. The Kier molecular flexibility index (Phi) is 4.25. The van der Waals surface area contributed by atoms with E-state index in [1.807, 2.05) is 42.3 Å². The third-order valence-electron chi connectivity index (χ3n) is 3.72. The topological polar surface area (TPSA) is 36.1 Å². The van der Waals surface area contributed by atoms with Crippen molar-refractivity contribution in [3.8, 4) is 0 Å². The number of hydrogen-bond acceptors (Lipinski definition) is 1. The van der Waals surface area contributed by atoms with Crippen molar-refractivity contribution >= 4 is 16.8 Å². The zero-order valence-corrected chi connectivity index (χ0v) is 11.9. The smallest absolute Gasteiger partial charge is 0.256 e. The molecule has 1 aromatic carbocycles. The molecule has 102 valence electrons. The second-order valence-corrected chi connectivity index (χ2v) is 5.11. The Morgan fingerprint density at radius 1 is 1.32 bits per heavy atom. The molecule has 0 aliphatic carbocycles. The van der Waals surface area contributed by atoms with Crippen molar-refractivity contribution in [1.82, 2.24) is 9.88 Å². The summed E-state index contributed by atoms with van der Waals surface area (Å²) in [4.78, 5) is 17.7. The van der Waals surface area contributed by atoms with Crippen molar-refractivity contribution in [3.05, 3.63) is 36.0 Å². The maximum Gasteiger partial charge on any atom is 0.256 e. The first kappa shape index (κ1) is 13.7. The van der Waals surface area contributed by atoms with Crippen LogP contribution >= 0.6 is 0 Å². The van der Waals surface area contributed by atoms with Gasteiger partial charge in [-0.1, -0.05) is 38.5 Å². The lowest BCUT2D eigenvalue weighted by Gasteiger charge is -2.23. The van der Waals surface area contributed by atoms with Crippen LogP contribution in [0.5, 0.6) is 0 Å². The number of carbonyl (C=O) groups excluding carboxylic acids is 1. The first-order valence-electron chi connectivity index (χ1n) is 7.02. The lowest BCUT2D eigenvalue weighted by atomic mass is 10.1. The zero-order chi connectivity index (χ0) is 13.8. The highest BCUT2D eigenvalue weighted by Gasteiger charge is 2.19. The lowest BCUT2D eigenvalue weighted by molar-refractivity contribution is 0.0743. The fourth-order valence-electron chi connectivity index (χ4n) is 2.28. The number of benzene rings is 1. The molecule has 0 aliphatic rings. The number of aromatic amines is 1. The maximum absolute atomic E-state index is 12.6. The summed E-state index contributed by atoms with van der Waals surface area (Å²) < 4.78 is 0. The zero-order valence-electron chi connectivity index (χ0n) is 11.9. The highest BCUT2D eigenvalue weighted by atomic mass is 16.2. The Bertz CT molecular complexity index is 559. The van der Waals surface area contributed by atoms with E-state index in [0.717, 1.165) is 36.0 Å². The van der Waals surface area contributed by atoms with Gasteiger partial charge in [0.25, 0.3) is 5.91 Å². The van der Waals surface area contributed by atoms with Crippen molar-refractivity contribution < 1.29 is 4.79 Å². The van der Waals surface area contributed by atoms with E-state index in [1.54, 1.807) is 0 Å². The van der Waals surface area contributed by atoms with E-state index in [4.69, 9.17) is 0 Å². The summed E-state index contributed by atoms with van der Waals surface area (Å²) >= 11 is 0. The van der Waals surface area contributed by atoms with E-state index in [2.05, 4.69) is 18.8 Å². The number of para-hydroxylation sites is 1. The van der Waals surface area contributed by atoms with E-state index in [0.29, 0.717) is 5.92 Å². The van der Waals surface area contributed by atoms with Crippen molar-refractivity contribution in [2.75, 3.05) is 13.1 Å². The van der Waals surface area contributed by atoms with E-state index in [9.17, 15) is 4.79 Å². The molecule has 1 atom stereocenters. The molecule has 0 aliphatic heterocycles. The molecule has 0 radical (unpaired) electrons. The number of amides is 1. The largest absolute Gasteiger partial charge is 0.360 e. The summed E-state index contributed by atoms with van der Waals surface area (Å²) in [7, 11) is 0. The van der Waals surface area contributed by atoms with Gasteiger partial charge in [-0.3, -0.25) is 4.79 Å². The molecular weight excluding hydrogens is 236 g/mol. The molecule has 1 unspecified atom stereocenters. The second-order valence-electron chi connectivity index (χ2n) is 5.11. The number of aromatic nitrogens is 1. The number of hydrogen-bond donors (Lipinski definition) is 1. The van der Waals surface area contributed by atoms with Crippen LogP contribution in [0.2, 0.25) is 0 Å². The van der Waals surface area contributed by atoms with Gasteiger partial charge in [-0.15, -0.1) is 0 Å². The molecule has 3 nitrogen and oxygen atoms in total. The molecule has 0 spiro atoms. The van der Waals surface area contributed by atoms with E-state index < -0.39 is 0 Å². The van der Waals surface area contributed by atoms with Crippen LogP contribution < -0.4 is 0 Å². The van der Waals surface area contributed by atoms with Gasteiger partial charge < -0.3 is 9.88 Å². The Labute approximate surface area is 114 Å². The van der Waals surface area contributed by atoms with Crippen LogP contribution in [0.3, 0.4) is 0 Å². The summed E-state index contributed by atoms with van der Waals surface area (Å²) in [6.07, 6.45) is 2.92. The molecule has 1 amide bonds. The highest BCUT2D eigenvalue weighted by molar-refractivity contribution is 6.06. The van der Waals surface area contributed by atoms with Crippen molar-refractivity contribution in [3.63, 3.8) is 0 Å². The Balaban J connectivity index is 2.26. The number of H-pyrrole nitrogens is 1. The Hall–Kier alpha value is -1.77. The molecule has 0 saturated carbocycles.